The Balaban J connectivity index is 2.15. The Kier molecular flexibility index (Phi) is 6.67. The third kappa shape index (κ3) is 5.01. The molecular formula is C12H22N4OS. The molecule has 5 nitrogen and oxygen atoms in total. The molecule has 2 N–H and O–H groups in total. The summed E-state index contributed by atoms with van der Waals surface area (Å²) in [5, 5.41) is 11.2. The molecule has 18 heavy (non-hydrogen) atoms. The second kappa shape index (κ2) is 8.05. The molecule has 0 aromatic carbocycles. The highest BCUT2D eigenvalue weighted by molar-refractivity contribution is 7.80. The van der Waals surface area contributed by atoms with Crippen molar-refractivity contribution in [3.63, 3.8) is 0 Å². The Labute approximate surface area is 114 Å². The van der Waals surface area contributed by atoms with Gasteiger partial charge in [0.1, 0.15) is 0 Å². The quantitative estimate of drug-likeness (QED) is 0.574. The van der Waals surface area contributed by atoms with Crippen LogP contribution >= 0.6 is 12.2 Å². The van der Waals surface area contributed by atoms with Crippen molar-refractivity contribution in [1.82, 2.24) is 20.4 Å². The highest BCUT2D eigenvalue weighted by Gasteiger charge is 2.03. The number of aromatic nitrogens is 2. The topological polar surface area (TPSA) is 51.1 Å². The van der Waals surface area contributed by atoms with E-state index in [0.717, 1.165) is 37.4 Å². The number of aryl methyl sites for hydroxylation is 1. The average molecular weight is 270 g/mol. The summed E-state index contributed by atoms with van der Waals surface area (Å²) in [6.45, 7) is 7.12. The van der Waals surface area contributed by atoms with Crippen molar-refractivity contribution in [1.29, 1.82) is 0 Å². The van der Waals surface area contributed by atoms with E-state index in [1.165, 1.54) is 0 Å². The lowest BCUT2D eigenvalue weighted by atomic mass is 10.2. The van der Waals surface area contributed by atoms with Crippen molar-refractivity contribution < 1.29 is 4.74 Å². The van der Waals surface area contributed by atoms with Gasteiger partial charge in [-0.3, -0.25) is 4.68 Å². The minimum Gasteiger partial charge on any atom is -0.382 e. The van der Waals surface area contributed by atoms with E-state index in [0.29, 0.717) is 11.7 Å². The molecule has 0 saturated carbocycles. The van der Waals surface area contributed by atoms with Gasteiger partial charge in [0.2, 0.25) is 0 Å². The fourth-order valence-electron chi connectivity index (χ4n) is 1.48. The van der Waals surface area contributed by atoms with Crippen molar-refractivity contribution in [2.75, 3.05) is 19.8 Å². The van der Waals surface area contributed by atoms with Gasteiger partial charge in [0, 0.05) is 44.6 Å². The third-order valence-electron chi connectivity index (χ3n) is 2.73. The molecule has 1 heterocycles. The van der Waals surface area contributed by atoms with Gasteiger partial charge >= 0.3 is 0 Å². The molecule has 0 aliphatic heterocycles. The van der Waals surface area contributed by atoms with E-state index in [2.05, 4.69) is 15.7 Å². The maximum Gasteiger partial charge on any atom is 0.166 e. The predicted octanol–water partition coefficient (Wildman–Crippen LogP) is 1.12. The number of rotatable bonds is 7. The summed E-state index contributed by atoms with van der Waals surface area (Å²) in [6, 6.07) is 0. The van der Waals surface area contributed by atoms with Crippen molar-refractivity contribution in [3.8, 4) is 0 Å². The number of hydrogen-bond donors (Lipinski definition) is 2. The largest absolute Gasteiger partial charge is 0.382 e. The van der Waals surface area contributed by atoms with Crippen LogP contribution in [-0.4, -0.2) is 34.7 Å². The molecule has 6 heteroatoms. The molecule has 0 aliphatic rings. The summed E-state index contributed by atoms with van der Waals surface area (Å²) in [7, 11) is 1.93. The van der Waals surface area contributed by atoms with Crippen molar-refractivity contribution in [2.24, 2.45) is 7.05 Å². The summed E-state index contributed by atoms with van der Waals surface area (Å²) in [5.41, 5.74) is 2.32. The van der Waals surface area contributed by atoms with Crippen molar-refractivity contribution in [2.45, 2.75) is 26.8 Å². The zero-order valence-electron chi connectivity index (χ0n) is 11.3. The Morgan fingerprint density at radius 3 is 2.89 bits per heavy atom. The number of nitrogens with one attached hydrogen (secondary N) is 2. The van der Waals surface area contributed by atoms with Crippen LogP contribution in [0.1, 0.15) is 24.6 Å². The van der Waals surface area contributed by atoms with Crippen LogP contribution in [0.4, 0.5) is 0 Å². The van der Waals surface area contributed by atoms with Crippen LogP contribution in [0.2, 0.25) is 0 Å². The van der Waals surface area contributed by atoms with Gasteiger partial charge in [0.15, 0.2) is 5.11 Å². The normalized spacial score (nSPS) is 10.4. The number of nitrogens with zero attached hydrogens (tertiary/aromatic N) is 2. The second-order valence-corrected chi connectivity index (χ2v) is 4.45. The minimum atomic E-state index is 0.676. The summed E-state index contributed by atoms with van der Waals surface area (Å²) in [4.78, 5) is 0. The molecule has 102 valence electrons. The first-order valence-electron chi connectivity index (χ1n) is 6.22. The zero-order chi connectivity index (χ0) is 13.4. The van der Waals surface area contributed by atoms with E-state index < -0.39 is 0 Å². The Morgan fingerprint density at radius 1 is 1.50 bits per heavy atom. The highest BCUT2D eigenvalue weighted by atomic mass is 32.1. The maximum atomic E-state index is 5.25. The molecule has 0 radical (unpaired) electrons. The van der Waals surface area contributed by atoms with Crippen LogP contribution < -0.4 is 10.6 Å². The van der Waals surface area contributed by atoms with E-state index >= 15 is 0 Å². The van der Waals surface area contributed by atoms with Gasteiger partial charge in [-0.15, -0.1) is 0 Å². The van der Waals surface area contributed by atoms with Gasteiger partial charge in [0.05, 0.1) is 6.20 Å². The van der Waals surface area contributed by atoms with Crippen molar-refractivity contribution >= 4 is 17.3 Å². The van der Waals surface area contributed by atoms with Gasteiger partial charge in [-0.2, -0.15) is 5.10 Å². The van der Waals surface area contributed by atoms with Gasteiger partial charge in [-0.05, 0) is 32.5 Å². The number of thiocarbonyl (C=S) groups is 1. The molecule has 1 aromatic heterocycles. The van der Waals surface area contributed by atoms with E-state index in [1.807, 2.05) is 31.8 Å². The molecule has 0 fully saturated rings. The van der Waals surface area contributed by atoms with Gasteiger partial charge in [-0.1, -0.05) is 0 Å². The second-order valence-electron chi connectivity index (χ2n) is 4.04. The van der Waals surface area contributed by atoms with Crippen LogP contribution in [0.3, 0.4) is 0 Å². The van der Waals surface area contributed by atoms with E-state index in [1.54, 1.807) is 0 Å². The van der Waals surface area contributed by atoms with Gasteiger partial charge < -0.3 is 15.4 Å². The Morgan fingerprint density at radius 2 is 2.28 bits per heavy atom. The average Bonchev–Trinajstić information content (AvgIpc) is 2.67. The molecule has 0 amide bonds. The third-order valence-corrected chi connectivity index (χ3v) is 3.02. The van der Waals surface area contributed by atoms with Crippen LogP contribution in [0.25, 0.3) is 0 Å². The smallest absolute Gasteiger partial charge is 0.166 e. The maximum absolute atomic E-state index is 5.25. The fourth-order valence-corrected chi connectivity index (χ4v) is 1.65. The number of hydrogen-bond acceptors (Lipinski definition) is 3. The highest BCUT2D eigenvalue weighted by Crippen LogP contribution is 2.04. The van der Waals surface area contributed by atoms with E-state index in [-0.39, 0.29) is 0 Å². The fraction of sp³-hybridized carbons (Fsp3) is 0.667. The van der Waals surface area contributed by atoms with Crippen molar-refractivity contribution in [3.05, 3.63) is 17.5 Å². The standard InChI is InChI=1S/C12H22N4OS/c1-4-17-7-5-6-13-12(18)14-8-11-9-15-16(3)10(11)2/h9H,4-8H2,1-3H3,(H2,13,14,18). The molecule has 1 rings (SSSR count). The van der Waals surface area contributed by atoms with E-state index in [4.69, 9.17) is 17.0 Å². The first-order chi connectivity index (χ1) is 8.65. The molecule has 0 atom stereocenters. The molecule has 1 aromatic rings. The molecule has 0 bridgehead atoms. The van der Waals surface area contributed by atoms with Crippen LogP contribution in [-0.2, 0) is 18.3 Å². The summed E-state index contributed by atoms with van der Waals surface area (Å²) in [5.74, 6) is 0. The molecule has 0 aliphatic carbocycles. The molecule has 0 saturated heterocycles. The first-order valence-corrected chi connectivity index (χ1v) is 6.63. The predicted molar refractivity (Wildman–Crippen MR) is 76.5 cm³/mol. The lowest BCUT2D eigenvalue weighted by Gasteiger charge is -2.10. The van der Waals surface area contributed by atoms with E-state index in [9.17, 15) is 0 Å². The molecule has 0 spiro atoms. The van der Waals surface area contributed by atoms with Gasteiger partial charge in [-0.25, -0.2) is 0 Å². The number of ether oxygens (including phenoxy) is 1. The Hall–Kier alpha value is -1.14. The minimum absolute atomic E-state index is 0.676. The van der Waals surface area contributed by atoms with Gasteiger partial charge in [0.25, 0.3) is 0 Å². The molecule has 0 unspecified atom stereocenters. The van der Waals surface area contributed by atoms with Crippen LogP contribution in [0, 0.1) is 6.92 Å². The lowest BCUT2D eigenvalue weighted by molar-refractivity contribution is 0.145. The monoisotopic (exact) mass is 270 g/mol. The van der Waals surface area contributed by atoms with Crippen LogP contribution in [0.15, 0.2) is 6.20 Å². The SMILES string of the molecule is CCOCCCNC(=S)NCc1cnn(C)c1C. The zero-order valence-corrected chi connectivity index (χ0v) is 12.1. The summed E-state index contributed by atoms with van der Waals surface area (Å²) in [6.07, 6.45) is 2.82. The van der Waals surface area contributed by atoms with Crippen LogP contribution in [0.5, 0.6) is 0 Å². The summed E-state index contributed by atoms with van der Waals surface area (Å²) >= 11 is 5.19. The Bertz CT molecular complexity index is 378. The first kappa shape index (κ1) is 14.9. The summed E-state index contributed by atoms with van der Waals surface area (Å²) < 4.78 is 7.11. The molecular weight excluding hydrogens is 248 g/mol. The lowest BCUT2D eigenvalue weighted by Crippen LogP contribution is -2.35.